The topological polar surface area (TPSA) is 139 Å². The van der Waals surface area contributed by atoms with Crippen molar-refractivity contribution < 1.29 is 38.4 Å². The predicted molar refractivity (Wildman–Crippen MR) is 146 cm³/mol. The van der Waals surface area contributed by atoms with Crippen LogP contribution >= 0.6 is 0 Å². The zero-order valence-corrected chi connectivity index (χ0v) is 23.6. The van der Waals surface area contributed by atoms with Crippen molar-refractivity contribution in [2.45, 2.75) is 58.8 Å². The first-order valence-electron chi connectivity index (χ1n) is 13.5. The summed E-state index contributed by atoms with van der Waals surface area (Å²) >= 11 is 0. The SMILES string of the molecule is COc1cc2c(cc1OCCCOc1cc3c(cc1OC)CN(C(=O)C[C@H](C)C(=O)O)C3)CN(C(=O)CCC#N)C2. The lowest BCUT2D eigenvalue weighted by molar-refractivity contribution is -0.145. The van der Waals surface area contributed by atoms with Gasteiger partial charge in [0, 0.05) is 51.9 Å². The quantitative estimate of drug-likeness (QED) is 0.361. The van der Waals surface area contributed by atoms with Gasteiger partial charge in [0.05, 0.1) is 39.4 Å². The molecule has 0 saturated carbocycles. The van der Waals surface area contributed by atoms with E-state index in [2.05, 4.69) is 0 Å². The first kappa shape index (κ1) is 29.5. The Bertz CT molecular complexity index is 1350. The summed E-state index contributed by atoms with van der Waals surface area (Å²) in [7, 11) is 3.13. The van der Waals surface area contributed by atoms with Crippen LogP contribution in [-0.2, 0) is 40.6 Å². The highest BCUT2D eigenvalue weighted by atomic mass is 16.5. The monoisotopic (exact) mass is 565 g/mol. The van der Waals surface area contributed by atoms with Crippen molar-refractivity contribution >= 4 is 17.8 Å². The Balaban J connectivity index is 1.30. The largest absolute Gasteiger partial charge is 0.493 e. The normalized spacial score (nSPS) is 14.1. The number of rotatable bonds is 13. The van der Waals surface area contributed by atoms with Crippen LogP contribution in [0.15, 0.2) is 24.3 Å². The molecule has 0 spiro atoms. The van der Waals surface area contributed by atoms with E-state index in [1.165, 1.54) is 6.92 Å². The Morgan fingerprint density at radius 1 is 0.829 bits per heavy atom. The van der Waals surface area contributed by atoms with Crippen molar-refractivity contribution in [3.8, 4) is 29.1 Å². The number of aliphatic carboxylic acids is 1. The molecule has 0 unspecified atom stereocenters. The molecule has 0 radical (unpaired) electrons. The van der Waals surface area contributed by atoms with Crippen LogP contribution in [0.3, 0.4) is 0 Å². The minimum atomic E-state index is -0.989. The molecule has 2 aliphatic rings. The molecule has 1 N–H and O–H groups in total. The number of hydrogen-bond donors (Lipinski definition) is 1. The zero-order valence-electron chi connectivity index (χ0n) is 23.6. The van der Waals surface area contributed by atoms with Crippen molar-refractivity contribution in [2.75, 3.05) is 27.4 Å². The molecule has 0 fully saturated rings. The maximum Gasteiger partial charge on any atom is 0.306 e. The third-order valence-electron chi connectivity index (χ3n) is 7.28. The number of amides is 2. The molecule has 1 atom stereocenters. The molecule has 11 nitrogen and oxygen atoms in total. The number of nitriles is 1. The molecule has 0 saturated heterocycles. The van der Waals surface area contributed by atoms with E-state index in [-0.39, 0.29) is 31.1 Å². The van der Waals surface area contributed by atoms with E-state index in [9.17, 15) is 14.4 Å². The van der Waals surface area contributed by atoms with E-state index in [1.54, 1.807) is 24.0 Å². The minimum Gasteiger partial charge on any atom is -0.493 e. The Labute approximate surface area is 239 Å². The number of hydrogen-bond acceptors (Lipinski definition) is 8. The van der Waals surface area contributed by atoms with E-state index in [0.717, 1.165) is 22.3 Å². The lowest BCUT2D eigenvalue weighted by Crippen LogP contribution is -2.28. The third-order valence-corrected chi connectivity index (χ3v) is 7.28. The van der Waals surface area contributed by atoms with Gasteiger partial charge in [0.15, 0.2) is 23.0 Å². The number of benzene rings is 2. The molecule has 2 aromatic rings. The summed E-state index contributed by atoms with van der Waals surface area (Å²) in [5.41, 5.74) is 3.89. The molecule has 0 aromatic heterocycles. The second kappa shape index (κ2) is 13.3. The lowest BCUT2D eigenvalue weighted by Gasteiger charge is -2.16. The van der Waals surface area contributed by atoms with Gasteiger partial charge in [-0.2, -0.15) is 5.26 Å². The van der Waals surface area contributed by atoms with Crippen molar-refractivity contribution in [1.82, 2.24) is 9.80 Å². The van der Waals surface area contributed by atoms with Gasteiger partial charge in [-0.05, 0) is 46.5 Å². The molecular weight excluding hydrogens is 530 g/mol. The molecule has 2 heterocycles. The third kappa shape index (κ3) is 7.01. The smallest absolute Gasteiger partial charge is 0.306 e. The van der Waals surface area contributed by atoms with Gasteiger partial charge in [-0.25, -0.2) is 0 Å². The maximum absolute atomic E-state index is 12.6. The molecule has 0 aliphatic carbocycles. The average Bonchev–Trinajstić information content (AvgIpc) is 3.58. The molecule has 2 aliphatic heterocycles. The molecular formula is C30H35N3O8. The van der Waals surface area contributed by atoms with E-state index in [4.69, 9.17) is 29.3 Å². The zero-order chi connectivity index (χ0) is 29.5. The van der Waals surface area contributed by atoms with Crippen LogP contribution in [0.5, 0.6) is 23.0 Å². The fraction of sp³-hybridized carbons (Fsp3) is 0.467. The first-order valence-corrected chi connectivity index (χ1v) is 13.5. The molecule has 4 rings (SSSR count). The van der Waals surface area contributed by atoms with Crippen LogP contribution in [0.4, 0.5) is 0 Å². The summed E-state index contributed by atoms with van der Waals surface area (Å²) in [6.45, 7) is 4.02. The van der Waals surface area contributed by atoms with E-state index in [0.29, 0.717) is 68.8 Å². The Morgan fingerprint density at radius 3 is 1.68 bits per heavy atom. The van der Waals surface area contributed by atoms with Crippen molar-refractivity contribution in [3.05, 3.63) is 46.5 Å². The van der Waals surface area contributed by atoms with Crippen molar-refractivity contribution in [3.63, 3.8) is 0 Å². The second-order valence-corrected chi connectivity index (χ2v) is 10.2. The first-order chi connectivity index (χ1) is 19.7. The molecule has 218 valence electrons. The van der Waals surface area contributed by atoms with Crippen LogP contribution in [-0.4, -0.2) is 60.1 Å². The van der Waals surface area contributed by atoms with Crippen molar-refractivity contribution in [1.29, 1.82) is 5.26 Å². The molecule has 2 aromatic carbocycles. The molecule has 41 heavy (non-hydrogen) atoms. The highest BCUT2D eigenvalue weighted by Crippen LogP contribution is 2.37. The minimum absolute atomic E-state index is 0.0441. The van der Waals surface area contributed by atoms with Crippen molar-refractivity contribution in [2.24, 2.45) is 5.92 Å². The number of carbonyl (C=O) groups is 3. The number of fused-ring (bicyclic) bond motifs is 2. The molecule has 11 heteroatoms. The average molecular weight is 566 g/mol. The summed E-state index contributed by atoms with van der Waals surface area (Å²) in [5.74, 6) is 0.339. The Hall–Kier alpha value is -4.46. The highest BCUT2D eigenvalue weighted by molar-refractivity contribution is 5.82. The summed E-state index contributed by atoms with van der Waals surface area (Å²) in [4.78, 5) is 39.4. The van der Waals surface area contributed by atoms with E-state index < -0.39 is 11.9 Å². The van der Waals surface area contributed by atoms with Gasteiger partial charge >= 0.3 is 5.97 Å². The van der Waals surface area contributed by atoms with Gasteiger partial charge in [-0.3, -0.25) is 14.4 Å². The second-order valence-electron chi connectivity index (χ2n) is 10.2. The number of nitrogens with zero attached hydrogens (tertiary/aromatic N) is 3. The Kier molecular flexibility index (Phi) is 9.55. The van der Waals surface area contributed by atoms with Crippen LogP contribution < -0.4 is 18.9 Å². The lowest BCUT2D eigenvalue weighted by atomic mass is 10.1. The summed E-state index contributed by atoms with van der Waals surface area (Å²) in [6.07, 6.45) is 0.950. The number of carboxylic acid groups (broad SMARTS) is 1. The van der Waals surface area contributed by atoms with Gasteiger partial charge in [0.1, 0.15) is 0 Å². The fourth-order valence-corrected chi connectivity index (χ4v) is 4.93. The number of ether oxygens (including phenoxy) is 4. The van der Waals surface area contributed by atoms with Gasteiger partial charge < -0.3 is 33.9 Å². The number of carbonyl (C=O) groups excluding carboxylic acids is 2. The highest BCUT2D eigenvalue weighted by Gasteiger charge is 2.28. The molecule has 0 bridgehead atoms. The van der Waals surface area contributed by atoms with E-state index >= 15 is 0 Å². The van der Waals surface area contributed by atoms with Crippen LogP contribution in [0.2, 0.25) is 0 Å². The molecule has 2 amide bonds. The van der Waals surface area contributed by atoms with Gasteiger partial charge in [-0.15, -0.1) is 0 Å². The standard InChI is InChI=1S/C30H35N3O8/c1-19(30(36)37)10-29(35)33-17-21-12-25(39-3)27(14-23(21)18-33)41-9-5-8-40-26-13-22-16-32(28(34)6-4-7-31)15-20(22)11-24(26)38-2/h11-14,19H,4-6,8-10,15-18H2,1-3H3,(H,36,37)/t19-/m0/s1. The summed E-state index contributed by atoms with van der Waals surface area (Å²) in [5, 5.41) is 17.9. The Morgan fingerprint density at radius 2 is 1.27 bits per heavy atom. The van der Waals surface area contributed by atoms with Gasteiger partial charge in [-0.1, -0.05) is 6.92 Å². The summed E-state index contributed by atoms with van der Waals surface area (Å²) < 4.78 is 23.0. The fourth-order valence-electron chi connectivity index (χ4n) is 4.93. The van der Waals surface area contributed by atoms with Crippen LogP contribution in [0.1, 0.15) is 54.9 Å². The number of carboxylic acids is 1. The maximum atomic E-state index is 12.6. The van der Waals surface area contributed by atoms with Gasteiger partial charge in [0.2, 0.25) is 11.8 Å². The predicted octanol–water partition coefficient (Wildman–Crippen LogP) is 3.65. The van der Waals surface area contributed by atoms with Crippen LogP contribution in [0.25, 0.3) is 0 Å². The van der Waals surface area contributed by atoms with Gasteiger partial charge in [0.25, 0.3) is 0 Å². The number of methoxy groups -OCH3 is 2. The van der Waals surface area contributed by atoms with Crippen LogP contribution in [0, 0.1) is 17.2 Å². The van der Waals surface area contributed by atoms with E-state index in [1.807, 2.05) is 30.3 Å². The summed E-state index contributed by atoms with van der Waals surface area (Å²) in [6, 6.07) is 9.54.